The maximum atomic E-state index is 11.3. The van der Waals surface area contributed by atoms with Crippen molar-refractivity contribution in [1.82, 2.24) is 4.98 Å². The van der Waals surface area contributed by atoms with Gasteiger partial charge < -0.3 is 16.8 Å². The highest BCUT2D eigenvalue weighted by molar-refractivity contribution is 6.00. The molecule has 0 fully saturated rings. The fourth-order valence-electron chi connectivity index (χ4n) is 2.23. The molecule has 104 valence electrons. The van der Waals surface area contributed by atoms with Gasteiger partial charge in [0.05, 0.1) is 5.56 Å². The normalized spacial score (nSPS) is 10.5. The Morgan fingerprint density at radius 2 is 2.00 bits per heavy atom. The van der Waals surface area contributed by atoms with Crippen LogP contribution in [0.5, 0.6) is 0 Å². The molecule has 1 amide bonds. The van der Waals surface area contributed by atoms with Gasteiger partial charge in [-0.05, 0) is 30.3 Å². The fourth-order valence-corrected chi connectivity index (χ4v) is 2.23. The summed E-state index contributed by atoms with van der Waals surface area (Å²) in [5, 5.41) is 5.36. The number of nitrogen functional groups attached to an aromatic ring is 1. The zero-order valence-electron chi connectivity index (χ0n) is 11.2. The molecule has 5 heteroatoms. The number of nitrogens with zero attached hydrogens (tertiary/aromatic N) is 1. The van der Waals surface area contributed by atoms with Crippen LogP contribution in [0, 0.1) is 0 Å². The van der Waals surface area contributed by atoms with Crippen molar-refractivity contribution in [1.29, 1.82) is 0 Å². The molecule has 0 aliphatic rings. The van der Waals surface area contributed by atoms with E-state index in [0.29, 0.717) is 11.3 Å². The van der Waals surface area contributed by atoms with Crippen molar-refractivity contribution in [2.45, 2.75) is 0 Å². The van der Waals surface area contributed by atoms with Crippen molar-refractivity contribution in [2.75, 3.05) is 11.1 Å². The molecule has 21 heavy (non-hydrogen) atoms. The number of primary amides is 1. The number of anilines is 3. The number of pyridine rings is 1. The number of benzene rings is 2. The zero-order valence-corrected chi connectivity index (χ0v) is 11.2. The standard InChI is InChI=1S/C16H14N4O/c17-14-5-4-11(8-13(14)16(18)21)20-15-3-1-2-10-9-19-7-6-12(10)15/h1-9,20H,17H2,(H2,18,21). The van der Waals surface area contributed by atoms with Gasteiger partial charge in [-0.2, -0.15) is 0 Å². The van der Waals surface area contributed by atoms with E-state index >= 15 is 0 Å². The summed E-state index contributed by atoms with van der Waals surface area (Å²) in [6.07, 6.45) is 3.55. The lowest BCUT2D eigenvalue weighted by Gasteiger charge is -2.11. The number of aromatic nitrogens is 1. The van der Waals surface area contributed by atoms with Gasteiger partial charge in [-0.15, -0.1) is 0 Å². The van der Waals surface area contributed by atoms with E-state index in [1.165, 1.54) is 0 Å². The van der Waals surface area contributed by atoms with E-state index < -0.39 is 5.91 Å². The van der Waals surface area contributed by atoms with Gasteiger partial charge in [0.2, 0.25) is 0 Å². The van der Waals surface area contributed by atoms with Gasteiger partial charge in [0.15, 0.2) is 0 Å². The predicted octanol–water partition coefficient (Wildman–Crippen LogP) is 2.66. The Bertz CT molecular complexity index is 824. The number of hydrogen-bond donors (Lipinski definition) is 3. The Balaban J connectivity index is 2.03. The van der Waals surface area contributed by atoms with Crippen LogP contribution in [0.25, 0.3) is 10.8 Å². The van der Waals surface area contributed by atoms with Crippen molar-refractivity contribution in [2.24, 2.45) is 5.73 Å². The second kappa shape index (κ2) is 5.13. The summed E-state index contributed by atoms with van der Waals surface area (Å²) < 4.78 is 0. The molecular formula is C16H14N4O. The maximum absolute atomic E-state index is 11.3. The van der Waals surface area contributed by atoms with Crippen LogP contribution in [0.3, 0.4) is 0 Å². The third-order valence-electron chi connectivity index (χ3n) is 3.28. The summed E-state index contributed by atoms with van der Waals surface area (Å²) in [5.74, 6) is -0.543. The molecule has 0 aliphatic carbocycles. The van der Waals surface area contributed by atoms with Gasteiger partial charge in [-0.25, -0.2) is 0 Å². The zero-order chi connectivity index (χ0) is 14.8. The van der Waals surface area contributed by atoms with Crippen LogP contribution in [-0.2, 0) is 0 Å². The summed E-state index contributed by atoms with van der Waals surface area (Å²) in [6, 6.07) is 12.9. The van der Waals surface area contributed by atoms with Gasteiger partial charge in [-0.3, -0.25) is 9.78 Å². The molecule has 5 N–H and O–H groups in total. The van der Waals surface area contributed by atoms with Crippen molar-refractivity contribution >= 4 is 33.7 Å². The molecule has 0 saturated heterocycles. The monoisotopic (exact) mass is 278 g/mol. The molecule has 2 aromatic carbocycles. The molecule has 0 aliphatic heterocycles. The Morgan fingerprint density at radius 1 is 1.14 bits per heavy atom. The van der Waals surface area contributed by atoms with E-state index in [-0.39, 0.29) is 0 Å². The summed E-state index contributed by atoms with van der Waals surface area (Å²) in [6.45, 7) is 0. The second-order valence-corrected chi connectivity index (χ2v) is 4.69. The summed E-state index contributed by atoms with van der Waals surface area (Å²) in [5.41, 5.74) is 13.4. The number of hydrogen-bond acceptors (Lipinski definition) is 4. The molecule has 3 rings (SSSR count). The van der Waals surface area contributed by atoms with Crippen LogP contribution in [-0.4, -0.2) is 10.9 Å². The summed E-state index contributed by atoms with van der Waals surface area (Å²) in [7, 11) is 0. The minimum absolute atomic E-state index is 0.307. The second-order valence-electron chi connectivity index (χ2n) is 4.69. The molecule has 0 saturated carbocycles. The summed E-state index contributed by atoms with van der Waals surface area (Å²) >= 11 is 0. The number of fused-ring (bicyclic) bond motifs is 1. The minimum Gasteiger partial charge on any atom is -0.398 e. The lowest BCUT2D eigenvalue weighted by Crippen LogP contribution is -2.13. The smallest absolute Gasteiger partial charge is 0.250 e. The molecule has 1 aromatic heterocycles. The molecule has 5 nitrogen and oxygen atoms in total. The number of nitrogens with one attached hydrogen (secondary N) is 1. The van der Waals surface area contributed by atoms with Gasteiger partial charge in [-0.1, -0.05) is 12.1 Å². The Labute approximate surface area is 121 Å². The lowest BCUT2D eigenvalue weighted by atomic mass is 10.1. The predicted molar refractivity (Wildman–Crippen MR) is 84.4 cm³/mol. The van der Waals surface area contributed by atoms with E-state index in [4.69, 9.17) is 11.5 Å². The van der Waals surface area contributed by atoms with Gasteiger partial charge >= 0.3 is 0 Å². The van der Waals surface area contributed by atoms with Crippen LogP contribution in [0.4, 0.5) is 17.1 Å². The Hall–Kier alpha value is -3.08. The highest BCUT2D eigenvalue weighted by atomic mass is 16.1. The van der Waals surface area contributed by atoms with E-state index in [2.05, 4.69) is 10.3 Å². The molecule has 0 unspecified atom stereocenters. The Kier molecular flexibility index (Phi) is 3.16. The number of rotatable bonds is 3. The first-order chi connectivity index (χ1) is 10.1. The molecular weight excluding hydrogens is 264 g/mol. The molecule has 1 heterocycles. The average molecular weight is 278 g/mol. The first-order valence-electron chi connectivity index (χ1n) is 6.44. The molecule has 0 bridgehead atoms. The minimum atomic E-state index is -0.543. The first-order valence-corrected chi connectivity index (χ1v) is 6.44. The summed E-state index contributed by atoms with van der Waals surface area (Å²) in [4.78, 5) is 15.4. The van der Waals surface area contributed by atoms with Gasteiger partial charge in [0.25, 0.3) is 5.91 Å². The molecule has 0 atom stereocenters. The lowest BCUT2D eigenvalue weighted by molar-refractivity contribution is 0.100. The highest BCUT2D eigenvalue weighted by Crippen LogP contribution is 2.27. The molecule has 0 radical (unpaired) electrons. The topological polar surface area (TPSA) is 94.0 Å². The van der Waals surface area contributed by atoms with Crippen LogP contribution >= 0.6 is 0 Å². The van der Waals surface area contributed by atoms with Crippen molar-refractivity contribution in [3.63, 3.8) is 0 Å². The third kappa shape index (κ3) is 2.49. The van der Waals surface area contributed by atoms with Crippen LogP contribution in [0.2, 0.25) is 0 Å². The molecule has 0 spiro atoms. The van der Waals surface area contributed by atoms with E-state index in [0.717, 1.165) is 22.1 Å². The van der Waals surface area contributed by atoms with Crippen LogP contribution < -0.4 is 16.8 Å². The van der Waals surface area contributed by atoms with Crippen molar-refractivity contribution in [3.8, 4) is 0 Å². The van der Waals surface area contributed by atoms with Crippen LogP contribution in [0.15, 0.2) is 54.9 Å². The van der Waals surface area contributed by atoms with E-state index in [1.807, 2.05) is 30.3 Å². The number of carbonyl (C=O) groups is 1. The molecule has 3 aromatic rings. The highest BCUT2D eigenvalue weighted by Gasteiger charge is 2.07. The van der Waals surface area contributed by atoms with Gasteiger partial charge in [0.1, 0.15) is 0 Å². The number of nitrogens with two attached hydrogens (primary N) is 2. The largest absolute Gasteiger partial charge is 0.398 e. The van der Waals surface area contributed by atoms with Gasteiger partial charge in [0, 0.05) is 40.2 Å². The van der Waals surface area contributed by atoms with Crippen molar-refractivity contribution < 1.29 is 4.79 Å². The number of amides is 1. The number of carbonyl (C=O) groups excluding carboxylic acids is 1. The maximum Gasteiger partial charge on any atom is 0.250 e. The quantitative estimate of drug-likeness (QED) is 0.642. The first kappa shape index (κ1) is 12.9. The third-order valence-corrected chi connectivity index (χ3v) is 3.28. The fraction of sp³-hybridized carbons (Fsp3) is 0. The van der Waals surface area contributed by atoms with Crippen LogP contribution in [0.1, 0.15) is 10.4 Å². The van der Waals surface area contributed by atoms with E-state index in [9.17, 15) is 4.79 Å². The van der Waals surface area contributed by atoms with Crippen molar-refractivity contribution in [3.05, 3.63) is 60.4 Å². The Morgan fingerprint density at radius 3 is 2.81 bits per heavy atom. The SMILES string of the molecule is NC(=O)c1cc(Nc2cccc3cnccc23)ccc1N. The van der Waals surface area contributed by atoms with E-state index in [1.54, 1.807) is 24.5 Å². The average Bonchev–Trinajstić information content (AvgIpc) is 2.49.